The smallest absolute Gasteiger partial charge is 0.338 e. The maximum Gasteiger partial charge on any atom is 0.338 e. The van der Waals surface area contributed by atoms with Crippen LogP contribution in [-0.2, 0) is 16.1 Å². The SMILES string of the molecule is C[C@H](OC(=O)c1ccc(C(=O)c2ccccc2)cc1)C(=O)N(C)Cc1ccccc1. The van der Waals surface area contributed by atoms with Crippen molar-refractivity contribution in [1.82, 2.24) is 4.90 Å². The van der Waals surface area contributed by atoms with Crippen LogP contribution in [0.1, 0.15) is 38.8 Å². The van der Waals surface area contributed by atoms with Crippen LogP contribution in [0.4, 0.5) is 0 Å². The standard InChI is InChI=1S/C25H23NO4/c1-18(24(28)26(2)17-19-9-5-3-6-10-19)30-25(29)22-15-13-21(14-16-22)23(27)20-11-7-4-8-12-20/h3-16,18H,17H2,1-2H3/t18-/m0/s1. The number of ether oxygens (including phenoxy) is 1. The minimum atomic E-state index is -0.920. The number of rotatable bonds is 7. The molecule has 3 aromatic rings. The molecule has 0 saturated heterocycles. The van der Waals surface area contributed by atoms with Gasteiger partial charge in [0.05, 0.1) is 5.56 Å². The summed E-state index contributed by atoms with van der Waals surface area (Å²) in [6, 6.07) is 24.7. The highest BCUT2D eigenvalue weighted by atomic mass is 16.5. The summed E-state index contributed by atoms with van der Waals surface area (Å²) in [6.07, 6.45) is -0.920. The molecule has 3 aromatic carbocycles. The molecule has 0 aliphatic rings. The molecule has 0 heterocycles. The third-order valence-electron chi connectivity index (χ3n) is 4.69. The van der Waals surface area contributed by atoms with Crippen molar-refractivity contribution in [1.29, 1.82) is 0 Å². The van der Waals surface area contributed by atoms with E-state index in [0.29, 0.717) is 17.7 Å². The molecule has 152 valence electrons. The topological polar surface area (TPSA) is 63.7 Å². The molecule has 0 bridgehead atoms. The van der Waals surface area contributed by atoms with Gasteiger partial charge in [-0.15, -0.1) is 0 Å². The Hall–Kier alpha value is -3.73. The first-order chi connectivity index (χ1) is 14.5. The van der Waals surface area contributed by atoms with Crippen molar-refractivity contribution in [2.45, 2.75) is 19.6 Å². The van der Waals surface area contributed by atoms with Gasteiger partial charge in [-0.25, -0.2) is 4.79 Å². The third-order valence-corrected chi connectivity index (χ3v) is 4.69. The fourth-order valence-electron chi connectivity index (χ4n) is 3.04. The Balaban J connectivity index is 1.59. The van der Waals surface area contributed by atoms with Crippen molar-refractivity contribution in [3.63, 3.8) is 0 Å². The van der Waals surface area contributed by atoms with Crippen molar-refractivity contribution in [3.8, 4) is 0 Å². The summed E-state index contributed by atoms with van der Waals surface area (Å²) in [5.74, 6) is -1.02. The van der Waals surface area contributed by atoms with Gasteiger partial charge in [0.15, 0.2) is 11.9 Å². The van der Waals surface area contributed by atoms with Gasteiger partial charge in [-0.2, -0.15) is 0 Å². The fraction of sp³-hybridized carbons (Fsp3) is 0.160. The summed E-state index contributed by atoms with van der Waals surface area (Å²) < 4.78 is 5.33. The van der Waals surface area contributed by atoms with Crippen LogP contribution in [0.5, 0.6) is 0 Å². The van der Waals surface area contributed by atoms with Crippen molar-refractivity contribution >= 4 is 17.7 Å². The van der Waals surface area contributed by atoms with Crippen LogP contribution in [0.3, 0.4) is 0 Å². The van der Waals surface area contributed by atoms with E-state index in [1.54, 1.807) is 50.4 Å². The number of ketones is 1. The normalized spacial score (nSPS) is 11.4. The van der Waals surface area contributed by atoms with E-state index in [1.807, 2.05) is 36.4 Å². The maximum atomic E-state index is 12.5. The minimum Gasteiger partial charge on any atom is -0.449 e. The Bertz CT molecular complexity index is 1010. The second kappa shape index (κ2) is 9.65. The number of carbonyl (C=O) groups is 3. The highest BCUT2D eigenvalue weighted by Crippen LogP contribution is 2.13. The third kappa shape index (κ3) is 5.20. The number of benzene rings is 3. The van der Waals surface area contributed by atoms with Crippen LogP contribution in [0.25, 0.3) is 0 Å². The number of hydrogen-bond acceptors (Lipinski definition) is 4. The summed E-state index contributed by atoms with van der Waals surface area (Å²) in [5.41, 5.74) is 2.33. The highest BCUT2D eigenvalue weighted by Gasteiger charge is 2.22. The van der Waals surface area contributed by atoms with Gasteiger partial charge < -0.3 is 9.64 Å². The number of hydrogen-bond donors (Lipinski definition) is 0. The molecular weight excluding hydrogens is 378 g/mol. The Labute approximate surface area is 175 Å². The Morgan fingerprint density at radius 2 is 1.27 bits per heavy atom. The molecule has 0 spiro atoms. The zero-order valence-corrected chi connectivity index (χ0v) is 16.9. The van der Waals surface area contributed by atoms with Gasteiger partial charge in [0.2, 0.25) is 0 Å². The summed E-state index contributed by atoms with van der Waals surface area (Å²) in [6.45, 7) is 1.98. The second-order valence-electron chi connectivity index (χ2n) is 7.00. The molecule has 3 rings (SSSR count). The van der Waals surface area contributed by atoms with E-state index in [1.165, 1.54) is 17.0 Å². The van der Waals surface area contributed by atoms with E-state index in [9.17, 15) is 14.4 Å². The first-order valence-corrected chi connectivity index (χ1v) is 9.65. The van der Waals surface area contributed by atoms with Crippen LogP contribution in [0.15, 0.2) is 84.9 Å². The molecule has 30 heavy (non-hydrogen) atoms. The molecule has 0 fully saturated rings. The van der Waals surface area contributed by atoms with Gasteiger partial charge in [0.1, 0.15) is 0 Å². The largest absolute Gasteiger partial charge is 0.449 e. The summed E-state index contributed by atoms with van der Waals surface area (Å²) in [5, 5.41) is 0. The molecule has 0 unspecified atom stereocenters. The predicted molar refractivity (Wildman–Crippen MR) is 114 cm³/mol. The molecule has 5 heteroatoms. The number of amides is 1. The van der Waals surface area contributed by atoms with Gasteiger partial charge >= 0.3 is 5.97 Å². The maximum absolute atomic E-state index is 12.5. The zero-order chi connectivity index (χ0) is 21.5. The Kier molecular flexibility index (Phi) is 6.75. The van der Waals surface area contributed by atoms with Gasteiger partial charge in [-0.3, -0.25) is 9.59 Å². The van der Waals surface area contributed by atoms with Crippen LogP contribution < -0.4 is 0 Å². The molecule has 0 aliphatic heterocycles. The Morgan fingerprint density at radius 1 is 0.767 bits per heavy atom. The molecular formula is C25H23NO4. The lowest BCUT2D eigenvalue weighted by atomic mass is 10.0. The highest BCUT2D eigenvalue weighted by molar-refractivity contribution is 6.09. The van der Waals surface area contributed by atoms with E-state index in [0.717, 1.165) is 5.56 Å². The van der Waals surface area contributed by atoms with Gasteiger partial charge in [-0.1, -0.05) is 72.8 Å². The quantitative estimate of drug-likeness (QED) is 0.441. The van der Waals surface area contributed by atoms with Crippen LogP contribution >= 0.6 is 0 Å². The zero-order valence-electron chi connectivity index (χ0n) is 16.9. The average Bonchev–Trinajstić information content (AvgIpc) is 2.79. The molecule has 0 aromatic heterocycles. The second-order valence-corrected chi connectivity index (χ2v) is 7.00. The Morgan fingerprint density at radius 3 is 1.87 bits per heavy atom. The number of likely N-dealkylation sites (N-methyl/N-ethyl adjacent to an activating group) is 1. The molecule has 1 atom stereocenters. The van der Waals surface area contributed by atoms with Gasteiger partial charge in [0, 0.05) is 24.7 Å². The lowest BCUT2D eigenvalue weighted by Crippen LogP contribution is -2.37. The molecule has 0 N–H and O–H groups in total. The monoisotopic (exact) mass is 401 g/mol. The lowest BCUT2D eigenvalue weighted by Gasteiger charge is -2.21. The first-order valence-electron chi connectivity index (χ1n) is 9.65. The first kappa shape index (κ1) is 21.0. The molecule has 0 radical (unpaired) electrons. The van der Waals surface area contributed by atoms with Gasteiger partial charge in [-0.05, 0) is 24.6 Å². The fourth-order valence-corrected chi connectivity index (χ4v) is 3.04. The van der Waals surface area contributed by atoms with Crippen molar-refractivity contribution < 1.29 is 19.1 Å². The van der Waals surface area contributed by atoms with Crippen LogP contribution in [0.2, 0.25) is 0 Å². The molecule has 0 saturated carbocycles. The van der Waals surface area contributed by atoms with Crippen LogP contribution in [0, 0.1) is 0 Å². The van der Waals surface area contributed by atoms with Crippen LogP contribution in [-0.4, -0.2) is 35.7 Å². The average molecular weight is 401 g/mol. The van der Waals surface area contributed by atoms with E-state index < -0.39 is 12.1 Å². The van der Waals surface area contributed by atoms with E-state index in [-0.39, 0.29) is 17.3 Å². The lowest BCUT2D eigenvalue weighted by molar-refractivity contribution is -0.139. The summed E-state index contributed by atoms with van der Waals surface area (Å²) in [7, 11) is 1.67. The minimum absolute atomic E-state index is 0.124. The van der Waals surface area contributed by atoms with E-state index in [4.69, 9.17) is 4.74 Å². The van der Waals surface area contributed by atoms with E-state index in [2.05, 4.69) is 0 Å². The number of nitrogens with zero attached hydrogens (tertiary/aromatic N) is 1. The van der Waals surface area contributed by atoms with Crippen molar-refractivity contribution in [2.24, 2.45) is 0 Å². The van der Waals surface area contributed by atoms with Crippen molar-refractivity contribution in [3.05, 3.63) is 107 Å². The van der Waals surface area contributed by atoms with E-state index >= 15 is 0 Å². The summed E-state index contributed by atoms with van der Waals surface area (Å²) >= 11 is 0. The van der Waals surface area contributed by atoms with Gasteiger partial charge in [0.25, 0.3) is 5.91 Å². The predicted octanol–water partition coefficient (Wildman–Crippen LogP) is 4.12. The number of esters is 1. The molecule has 0 aliphatic carbocycles. The summed E-state index contributed by atoms with van der Waals surface area (Å²) in [4.78, 5) is 38.9. The molecule has 5 nitrogen and oxygen atoms in total. The number of carbonyl (C=O) groups excluding carboxylic acids is 3. The van der Waals surface area contributed by atoms with Crippen molar-refractivity contribution in [2.75, 3.05) is 7.05 Å². The molecule has 1 amide bonds.